The summed E-state index contributed by atoms with van der Waals surface area (Å²) in [7, 11) is 0. The average molecular weight is 193 g/mol. The molecule has 0 aromatic heterocycles. The summed E-state index contributed by atoms with van der Waals surface area (Å²) >= 11 is 4.74. The van der Waals surface area contributed by atoms with E-state index in [1.807, 2.05) is 0 Å². The van der Waals surface area contributed by atoms with Crippen molar-refractivity contribution in [2.45, 2.75) is 4.90 Å². The van der Waals surface area contributed by atoms with Gasteiger partial charge in [-0.05, 0) is 0 Å². The molecular weight excluding hydrogens is 189 g/mol. The van der Waals surface area contributed by atoms with Crippen molar-refractivity contribution in [3.63, 3.8) is 0 Å². The predicted octanol–water partition coefficient (Wildman–Crippen LogP) is -1.50. The smallest absolute Gasteiger partial charge is 0.780 e. The third-order valence-corrected chi connectivity index (χ3v) is 1.32. The summed E-state index contributed by atoms with van der Waals surface area (Å²) in [5.74, 6) is 0. The van der Waals surface area contributed by atoms with Gasteiger partial charge >= 0.3 is 51.4 Å². The van der Waals surface area contributed by atoms with Crippen molar-refractivity contribution in [1.82, 2.24) is 0 Å². The first-order valence-electron chi connectivity index (χ1n) is 2.61. The van der Waals surface area contributed by atoms with E-state index in [0.29, 0.717) is 4.90 Å². The number of nitrogens with zero attached hydrogens (tertiary/aromatic N) is 1. The minimum Gasteiger partial charge on any atom is -0.780 e. The molecule has 0 fully saturated rings. The van der Waals surface area contributed by atoms with Crippen molar-refractivity contribution < 1.29 is 56.3 Å². The number of hydrogen-bond donors (Lipinski definition) is 0. The molecule has 0 spiro atoms. The summed E-state index contributed by atoms with van der Waals surface area (Å²) in [6, 6.07) is 5.85. The zero-order valence-corrected chi connectivity index (χ0v) is 9.92. The first-order valence-corrected chi connectivity index (χ1v) is 3.02. The Bertz CT molecular complexity index is 249. The third kappa shape index (κ3) is 3.59. The first kappa shape index (κ1) is 11.5. The van der Waals surface area contributed by atoms with Crippen LogP contribution in [0.1, 0.15) is 0 Å². The Morgan fingerprint density at radius 1 is 1.27 bits per heavy atom. The largest absolute Gasteiger partial charge is 1.00 e. The fourth-order valence-corrected chi connectivity index (χ4v) is 0.704. The molecule has 3 nitrogen and oxygen atoms in total. The molecule has 0 bridgehead atoms. The fourth-order valence-electron chi connectivity index (χ4n) is 0.568. The van der Waals surface area contributed by atoms with Crippen LogP contribution < -0.4 is 51.4 Å². The van der Waals surface area contributed by atoms with Crippen LogP contribution in [0.2, 0.25) is 0 Å². The maximum atomic E-state index is 10.1. The molecule has 52 valence electrons. The third-order valence-electron chi connectivity index (χ3n) is 1.05. The number of benzene rings is 1. The van der Waals surface area contributed by atoms with Gasteiger partial charge in [0.2, 0.25) is 0 Å². The van der Waals surface area contributed by atoms with Crippen molar-refractivity contribution in [2.75, 3.05) is 0 Å². The van der Waals surface area contributed by atoms with Gasteiger partial charge in [0, 0.05) is 12.1 Å². The van der Waals surface area contributed by atoms with Gasteiger partial charge in [0.1, 0.15) is 0 Å². The van der Waals surface area contributed by atoms with Crippen LogP contribution in [0.5, 0.6) is 0 Å². The van der Waals surface area contributed by atoms with E-state index in [1.165, 1.54) is 24.3 Å². The molecule has 0 aliphatic carbocycles. The fraction of sp³-hybridized carbons (Fsp3) is 0. The molecule has 0 atom stereocenters. The molecule has 1 aromatic carbocycles. The quantitative estimate of drug-likeness (QED) is 0.236. The van der Waals surface area contributed by atoms with Crippen LogP contribution in [0.3, 0.4) is 0 Å². The summed E-state index contributed by atoms with van der Waals surface area (Å²) in [4.78, 5) is 10.3. The Labute approximate surface area is 112 Å². The van der Waals surface area contributed by atoms with Crippen molar-refractivity contribution in [2.24, 2.45) is 0 Å². The van der Waals surface area contributed by atoms with Gasteiger partial charge in [-0.2, -0.15) is 4.90 Å². The van der Waals surface area contributed by atoms with E-state index in [2.05, 4.69) is 0 Å². The maximum absolute atomic E-state index is 10.1. The van der Waals surface area contributed by atoms with E-state index >= 15 is 0 Å². The Morgan fingerprint density at radius 2 is 1.73 bits per heavy atom. The van der Waals surface area contributed by atoms with Crippen LogP contribution in [0.25, 0.3) is 0 Å². The Kier molecular flexibility index (Phi) is 5.40. The van der Waals surface area contributed by atoms with Crippen molar-refractivity contribution >= 4 is 18.3 Å². The van der Waals surface area contributed by atoms with Crippen LogP contribution >= 0.6 is 0 Å². The van der Waals surface area contributed by atoms with Crippen LogP contribution in [0, 0.1) is 10.1 Å². The normalized spacial score (nSPS) is 8.36. The molecule has 0 amide bonds. The Hall–Kier alpha value is 0.476. The summed E-state index contributed by atoms with van der Waals surface area (Å²) < 4.78 is 0. The number of rotatable bonds is 1. The van der Waals surface area contributed by atoms with Gasteiger partial charge in [-0.25, -0.2) is 0 Å². The van der Waals surface area contributed by atoms with Gasteiger partial charge in [0.05, 0.1) is 4.92 Å². The van der Waals surface area contributed by atoms with E-state index in [-0.39, 0.29) is 57.1 Å². The predicted molar refractivity (Wildman–Crippen MR) is 38.7 cm³/mol. The molecule has 0 radical (unpaired) electrons. The molecule has 0 aliphatic heterocycles. The van der Waals surface area contributed by atoms with Crippen LogP contribution in [-0.2, 0) is 12.6 Å². The molecule has 0 saturated heterocycles. The van der Waals surface area contributed by atoms with Crippen molar-refractivity contribution in [3.8, 4) is 0 Å². The molecule has 0 unspecified atom stereocenters. The van der Waals surface area contributed by atoms with Gasteiger partial charge in [0.15, 0.2) is 0 Å². The van der Waals surface area contributed by atoms with Gasteiger partial charge in [-0.1, -0.05) is 12.1 Å². The standard InChI is InChI=1S/C6H5NO2S.K/c8-7(9)5-1-3-6(10)4-2-5;/h1-4,10H;/q;+1/p-1. The molecule has 0 heterocycles. The monoisotopic (exact) mass is 193 g/mol. The second-order valence-corrected chi connectivity index (χ2v) is 2.22. The molecule has 0 N–H and O–H groups in total. The Morgan fingerprint density at radius 3 is 2.09 bits per heavy atom. The van der Waals surface area contributed by atoms with Crippen LogP contribution in [-0.4, -0.2) is 4.92 Å². The molecular formula is C6H4KNO2S. The average Bonchev–Trinajstić information content (AvgIpc) is 1.88. The van der Waals surface area contributed by atoms with E-state index in [1.54, 1.807) is 0 Å². The van der Waals surface area contributed by atoms with Gasteiger partial charge in [-0.3, -0.25) is 10.1 Å². The maximum Gasteiger partial charge on any atom is 1.00 e. The first-order chi connectivity index (χ1) is 4.70. The summed E-state index contributed by atoms with van der Waals surface area (Å²) in [6.07, 6.45) is 0. The van der Waals surface area contributed by atoms with E-state index < -0.39 is 4.92 Å². The van der Waals surface area contributed by atoms with Crippen molar-refractivity contribution in [1.29, 1.82) is 0 Å². The molecule has 1 rings (SSSR count). The molecule has 0 saturated carbocycles. The number of nitro groups is 1. The number of non-ortho nitro benzene ring substituents is 1. The van der Waals surface area contributed by atoms with E-state index in [0.717, 1.165) is 0 Å². The summed E-state index contributed by atoms with van der Waals surface area (Å²) in [6.45, 7) is 0. The van der Waals surface area contributed by atoms with E-state index in [4.69, 9.17) is 12.6 Å². The second-order valence-electron chi connectivity index (χ2n) is 1.75. The summed E-state index contributed by atoms with van der Waals surface area (Å²) in [5.41, 5.74) is 0.0774. The molecule has 1 aromatic rings. The molecule has 0 aliphatic rings. The zero-order valence-electron chi connectivity index (χ0n) is 5.98. The minimum atomic E-state index is -0.450. The summed E-state index contributed by atoms with van der Waals surface area (Å²) in [5, 5.41) is 10.1. The number of hydrogen-bond acceptors (Lipinski definition) is 3. The molecule has 11 heavy (non-hydrogen) atoms. The van der Waals surface area contributed by atoms with Crippen LogP contribution in [0.15, 0.2) is 29.2 Å². The minimum absolute atomic E-state index is 0. The molecule has 5 heteroatoms. The van der Waals surface area contributed by atoms with Gasteiger partial charge in [-0.15, -0.1) is 0 Å². The second kappa shape index (κ2) is 5.18. The zero-order chi connectivity index (χ0) is 7.56. The van der Waals surface area contributed by atoms with Gasteiger partial charge in [0.25, 0.3) is 5.69 Å². The SMILES string of the molecule is O=[N+]([O-])c1ccc([S-])cc1.[K+]. The number of nitro benzene ring substituents is 1. The Balaban J connectivity index is 0.000001000. The van der Waals surface area contributed by atoms with E-state index in [9.17, 15) is 10.1 Å². The van der Waals surface area contributed by atoms with Gasteiger partial charge < -0.3 is 12.6 Å². The van der Waals surface area contributed by atoms with Crippen molar-refractivity contribution in [3.05, 3.63) is 34.4 Å². The van der Waals surface area contributed by atoms with Crippen LogP contribution in [0.4, 0.5) is 5.69 Å². The topological polar surface area (TPSA) is 43.1 Å².